The second-order valence-electron chi connectivity index (χ2n) is 10.3. The summed E-state index contributed by atoms with van der Waals surface area (Å²) in [6.45, 7) is 4.40. The van der Waals surface area contributed by atoms with Gasteiger partial charge in [0.25, 0.3) is 0 Å². The van der Waals surface area contributed by atoms with Gasteiger partial charge in [-0.3, -0.25) is 14.5 Å². The predicted octanol–water partition coefficient (Wildman–Crippen LogP) is 2.97. The maximum absolute atomic E-state index is 13.5. The summed E-state index contributed by atoms with van der Waals surface area (Å²) in [6, 6.07) is 24.8. The minimum atomic E-state index is -2.06. The van der Waals surface area contributed by atoms with E-state index in [9.17, 15) is 19.2 Å². The van der Waals surface area contributed by atoms with Gasteiger partial charge >= 0.3 is 23.6 Å². The van der Waals surface area contributed by atoms with Crippen LogP contribution >= 0.6 is 0 Å². The first-order valence-electron chi connectivity index (χ1n) is 13.4. The molecule has 3 heterocycles. The molecule has 0 saturated carbocycles. The van der Waals surface area contributed by atoms with E-state index >= 15 is 0 Å². The number of Topliss-reactive ketones (excluding diaryl/α,β-unsaturated/α-hetero) is 1. The summed E-state index contributed by atoms with van der Waals surface area (Å²) < 4.78 is 10.4. The van der Waals surface area contributed by atoms with E-state index in [0.717, 1.165) is 31.7 Å². The van der Waals surface area contributed by atoms with E-state index in [0.29, 0.717) is 29.8 Å². The fourth-order valence-corrected chi connectivity index (χ4v) is 5.56. The summed E-state index contributed by atoms with van der Waals surface area (Å²) in [7, 11) is 0. The summed E-state index contributed by atoms with van der Waals surface area (Å²) in [5, 5.41) is 0. The first kappa shape index (κ1) is 25.8. The van der Waals surface area contributed by atoms with Gasteiger partial charge < -0.3 is 19.3 Å². The number of benzene rings is 3. The molecule has 9 heteroatoms. The zero-order valence-corrected chi connectivity index (χ0v) is 22.0. The first-order chi connectivity index (χ1) is 19.4. The molecule has 1 amide bonds. The maximum Gasteiger partial charge on any atom is 0.421 e. The zero-order chi connectivity index (χ0) is 27.7. The van der Waals surface area contributed by atoms with E-state index in [4.69, 9.17) is 9.47 Å². The van der Waals surface area contributed by atoms with Crippen LogP contribution in [0.2, 0.25) is 0 Å². The van der Waals surface area contributed by atoms with Crippen molar-refractivity contribution in [3.63, 3.8) is 0 Å². The molecule has 0 atom stereocenters. The highest BCUT2D eigenvalue weighted by molar-refractivity contribution is 6.32. The molecule has 0 unspecified atom stereocenters. The molecule has 0 aromatic heterocycles. The summed E-state index contributed by atoms with van der Waals surface area (Å²) in [4.78, 5) is 56.7. The number of piperazine rings is 1. The van der Waals surface area contributed by atoms with Crippen LogP contribution in [-0.2, 0) is 36.8 Å². The number of ether oxygens (including phenoxy) is 2. The van der Waals surface area contributed by atoms with Crippen LogP contribution in [-0.4, -0.2) is 67.0 Å². The Hall–Kier alpha value is -4.50. The molecule has 6 rings (SSSR count). The van der Waals surface area contributed by atoms with Gasteiger partial charge in [-0.15, -0.1) is 0 Å². The Bertz CT molecular complexity index is 1430. The Morgan fingerprint density at radius 2 is 1.45 bits per heavy atom. The van der Waals surface area contributed by atoms with Gasteiger partial charge in [0.15, 0.2) is 5.78 Å². The van der Waals surface area contributed by atoms with Gasteiger partial charge in [-0.05, 0) is 41.5 Å². The van der Waals surface area contributed by atoms with E-state index in [2.05, 4.69) is 21.9 Å². The lowest BCUT2D eigenvalue weighted by Crippen LogP contribution is -2.55. The Morgan fingerprint density at radius 3 is 2.12 bits per heavy atom. The van der Waals surface area contributed by atoms with Crippen molar-refractivity contribution in [2.45, 2.75) is 25.2 Å². The molecule has 0 aliphatic carbocycles. The van der Waals surface area contributed by atoms with Gasteiger partial charge in [0.2, 0.25) is 0 Å². The second-order valence-corrected chi connectivity index (χ2v) is 10.3. The fraction of sp³-hybridized carbons (Fsp3) is 0.290. The van der Waals surface area contributed by atoms with E-state index in [1.807, 2.05) is 48.5 Å². The molecule has 0 radical (unpaired) electrons. The lowest BCUT2D eigenvalue weighted by Gasteiger charge is -2.37. The van der Waals surface area contributed by atoms with E-state index < -0.39 is 23.6 Å². The molecule has 9 nitrogen and oxygen atoms in total. The van der Waals surface area contributed by atoms with Crippen molar-refractivity contribution in [1.82, 2.24) is 4.90 Å². The third-order valence-electron chi connectivity index (χ3n) is 7.70. The first-order valence-corrected chi connectivity index (χ1v) is 13.4. The van der Waals surface area contributed by atoms with Crippen LogP contribution in [0.4, 0.5) is 11.4 Å². The van der Waals surface area contributed by atoms with Gasteiger partial charge in [-0.25, -0.2) is 9.59 Å². The SMILES string of the molecule is O=C1OC2(Cc3cc(C(=O)CCN4CCN(c5ccccc5)CC4)ccc3N(Cc3ccccc3)C2=O)OC1=O. The van der Waals surface area contributed by atoms with Crippen LogP contribution in [0.3, 0.4) is 0 Å². The minimum Gasteiger partial charge on any atom is -0.404 e. The zero-order valence-electron chi connectivity index (χ0n) is 22.0. The number of amides is 1. The van der Waals surface area contributed by atoms with Crippen LogP contribution in [0.15, 0.2) is 78.9 Å². The molecule has 1 spiro atoms. The number of anilines is 2. The van der Waals surface area contributed by atoms with Gasteiger partial charge in [-0.2, -0.15) is 0 Å². The van der Waals surface area contributed by atoms with Crippen LogP contribution in [0.25, 0.3) is 0 Å². The Labute approximate surface area is 231 Å². The normalized spacial score (nSPS) is 18.4. The van der Waals surface area contributed by atoms with Crippen LogP contribution in [0.5, 0.6) is 0 Å². The summed E-state index contributed by atoms with van der Waals surface area (Å²) >= 11 is 0. The van der Waals surface area contributed by atoms with Crippen LogP contribution in [0.1, 0.15) is 27.9 Å². The van der Waals surface area contributed by atoms with Crippen LogP contribution in [0, 0.1) is 0 Å². The molecule has 0 bridgehead atoms. The number of fused-ring (bicyclic) bond motifs is 1. The Morgan fingerprint density at radius 1 is 0.800 bits per heavy atom. The number of para-hydroxylation sites is 1. The highest BCUT2D eigenvalue weighted by Gasteiger charge is 2.59. The highest BCUT2D eigenvalue weighted by atomic mass is 16.8. The van der Waals surface area contributed by atoms with Crippen molar-refractivity contribution in [1.29, 1.82) is 0 Å². The van der Waals surface area contributed by atoms with Crippen molar-refractivity contribution in [2.75, 3.05) is 42.5 Å². The average Bonchev–Trinajstić information content (AvgIpc) is 3.28. The molecule has 3 aromatic rings. The largest absolute Gasteiger partial charge is 0.421 e. The summed E-state index contributed by atoms with van der Waals surface area (Å²) in [5.74, 6) is -5.10. The number of esters is 2. The summed E-state index contributed by atoms with van der Waals surface area (Å²) in [5.41, 5.74) is 3.75. The van der Waals surface area contributed by atoms with E-state index in [-0.39, 0.29) is 18.7 Å². The topological polar surface area (TPSA) is 96.5 Å². The number of ketones is 1. The molecule has 204 valence electrons. The predicted molar refractivity (Wildman–Crippen MR) is 147 cm³/mol. The number of carbonyl (C=O) groups excluding carboxylic acids is 4. The smallest absolute Gasteiger partial charge is 0.404 e. The minimum absolute atomic E-state index is 0.0192. The number of hydrogen-bond acceptors (Lipinski definition) is 8. The van der Waals surface area contributed by atoms with Crippen molar-refractivity contribution >= 4 is 35.0 Å². The third kappa shape index (κ3) is 4.96. The fourth-order valence-electron chi connectivity index (χ4n) is 5.56. The van der Waals surface area contributed by atoms with Crippen molar-refractivity contribution in [3.8, 4) is 0 Å². The quantitative estimate of drug-likeness (QED) is 0.257. The third-order valence-corrected chi connectivity index (χ3v) is 7.70. The standard InChI is InChI=1S/C31H29N3O6/c35-27(13-14-32-15-17-33(18-16-32)25-9-5-2-6-10-25)23-11-12-26-24(19-23)20-31(39-28(36)29(37)40-31)30(38)34(26)21-22-7-3-1-4-8-22/h1-12,19H,13-18,20-21H2. The molecular formula is C31H29N3O6. The second kappa shape index (κ2) is 10.6. The number of nitrogens with zero attached hydrogens (tertiary/aromatic N) is 3. The Kier molecular flexibility index (Phi) is 6.81. The number of carbonyl (C=O) groups is 4. The molecule has 0 N–H and O–H groups in total. The number of hydrogen-bond donors (Lipinski definition) is 0. The van der Waals surface area contributed by atoms with Gasteiger partial charge in [0, 0.05) is 56.1 Å². The molecule has 2 saturated heterocycles. The van der Waals surface area contributed by atoms with E-state index in [1.54, 1.807) is 18.2 Å². The van der Waals surface area contributed by atoms with Gasteiger partial charge in [0.05, 0.1) is 13.0 Å². The molecule has 3 aliphatic heterocycles. The highest BCUT2D eigenvalue weighted by Crippen LogP contribution is 2.39. The molecule has 3 aliphatic rings. The average molecular weight is 540 g/mol. The van der Waals surface area contributed by atoms with Gasteiger partial charge in [-0.1, -0.05) is 48.5 Å². The lowest BCUT2D eigenvalue weighted by molar-refractivity contribution is -0.188. The molecule has 2 fully saturated rings. The van der Waals surface area contributed by atoms with Crippen molar-refractivity contribution in [3.05, 3.63) is 95.6 Å². The maximum atomic E-state index is 13.5. The van der Waals surface area contributed by atoms with Gasteiger partial charge in [0.1, 0.15) is 0 Å². The van der Waals surface area contributed by atoms with Crippen molar-refractivity contribution in [2.24, 2.45) is 0 Å². The molecular weight excluding hydrogens is 510 g/mol. The number of rotatable bonds is 7. The van der Waals surface area contributed by atoms with Crippen molar-refractivity contribution < 1.29 is 28.7 Å². The summed E-state index contributed by atoms with van der Waals surface area (Å²) in [6.07, 6.45) is 0.207. The van der Waals surface area contributed by atoms with E-state index in [1.165, 1.54) is 10.6 Å². The monoisotopic (exact) mass is 539 g/mol. The molecule has 3 aromatic carbocycles. The Balaban J connectivity index is 1.17. The van der Waals surface area contributed by atoms with Crippen LogP contribution < -0.4 is 9.80 Å². The molecule has 40 heavy (non-hydrogen) atoms. The lowest BCUT2D eigenvalue weighted by atomic mass is 9.92.